The van der Waals surface area contributed by atoms with Crippen LogP contribution < -0.4 is 10.1 Å². The molecule has 0 saturated carbocycles. The smallest absolute Gasteiger partial charge is 0.406 e. The van der Waals surface area contributed by atoms with Crippen molar-refractivity contribution in [1.29, 1.82) is 0 Å². The van der Waals surface area contributed by atoms with E-state index in [2.05, 4.69) is 10.1 Å². The minimum absolute atomic E-state index is 0.128. The second-order valence-corrected chi connectivity index (χ2v) is 2.94. The molecule has 1 rings (SSSR count). The summed E-state index contributed by atoms with van der Waals surface area (Å²) in [6.45, 7) is 2.12. The topological polar surface area (TPSA) is 38.3 Å². The van der Waals surface area contributed by atoms with E-state index in [1.54, 1.807) is 6.92 Å². The van der Waals surface area contributed by atoms with Gasteiger partial charge in [0.05, 0.1) is 0 Å². The van der Waals surface area contributed by atoms with Crippen LogP contribution in [0.5, 0.6) is 5.75 Å². The Balaban J connectivity index is 2.83. The first-order valence-corrected chi connectivity index (χ1v) is 4.56. The van der Waals surface area contributed by atoms with Gasteiger partial charge < -0.3 is 10.1 Å². The summed E-state index contributed by atoms with van der Waals surface area (Å²) in [5, 5.41) is 2.48. The van der Waals surface area contributed by atoms with E-state index >= 15 is 0 Å². The van der Waals surface area contributed by atoms with Crippen LogP contribution in [0.4, 0.5) is 13.2 Å². The molecule has 0 atom stereocenters. The van der Waals surface area contributed by atoms with Gasteiger partial charge in [0.25, 0.3) is 5.91 Å². The number of ether oxygens (including phenoxy) is 1. The van der Waals surface area contributed by atoms with Crippen LogP contribution in [-0.2, 0) is 0 Å². The van der Waals surface area contributed by atoms with Crippen molar-refractivity contribution in [3.8, 4) is 5.75 Å². The predicted octanol–water partition coefficient (Wildman–Crippen LogP) is 2.33. The van der Waals surface area contributed by atoms with Gasteiger partial charge in [0.1, 0.15) is 5.75 Å². The van der Waals surface area contributed by atoms with Gasteiger partial charge in [-0.05, 0) is 25.1 Å². The Morgan fingerprint density at radius 2 is 2.12 bits per heavy atom. The second kappa shape index (κ2) is 4.87. The zero-order chi connectivity index (χ0) is 12.2. The van der Waals surface area contributed by atoms with Gasteiger partial charge in [0.2, 0.25) is 0 Å². The quantitative estimate of drug-likeness (QED) is 0.870. The van der Waals surface area contributed by atoms with Crippen LogP contribution in [0.2, 0.25) is 0 Å². The standard InChI is InChI=1S/C10H10F3NO2/c1-2-14-9(15)7-4-3-5-8(6-7)16-10(11,12)13/h3-6H,2H2,1H3,(H,14,15). The lowest BCUT2D eigenvalue weighted by molar-refractivity contribution is -0.274. The fourth-order valence-electron chi connectivity index (χ4n) is 1.10. The number of hydrogen-bond acceptors (Lipinski definition) is 2. The molecule has 0 fully saturated rings. The summed E-state index contributed by atoms with van der Waals surface area (Å²) in [6, 6.07) is 4.91. The van der Waals surface area contributed by atoms with E-state index in [0.29, 0.717) is 6.54 Å². The van der Waals surface area contributed by atoms with Crippen LogP contribution in [0.1, 0.15) is 17.3 Å². The van der Waals surface area contributed by atoms with Crippen LogP contribution >= 0.6 is 0 Å². The average Bonchev–Trinajstić information content (AvgIpc) is 2.16. The van der Waals surface area contributed by atoms with E-state index in [0.717, 1.165) is 12.1 Å². The molecule has 0 saturated heterocycles. The van der Waals surface area contributed by atoms with Crippen molar-refractivity contribution in [1.82, 2.24) is 5.32 Å². The molecular weight excluding hydrogens is 223 g/mol. The van der Waals surface area contributed by atoms with Crippen molar-refractivity contribution in [2.45, 2.75) is 13.3 Å². The third kappa shape index (κ3) is 3.80. The molecule has 0 unspecified atom stereocenters. The summed E-state index contributed by atoms with van der Waals surface area (Å²) in [4.78, 5) is 11.3. The van der Waals surface area contributed by atoms with E-state index < -0.39 is 18.0 Å². The van der Waals surface area contributed by atoms with E-state index in [1.807, 2.05) is 0 Å². The Kier molecular flexibility index (Phi) is 3.76. The number of carbonyl (C=O) groups is 1. The predicted molar refractivity (Wildman–Crippen MR) is 51.1 cm³/mol. The maximum absolute atomic E-state index is 11.9. The van der Waals surface area contributed by atoms with Gasteiger partial charge in [-0.25, -0.2) is 0 Å². The van der Waals surface area contributed by atoms with Gasteiger partial charge in [-0.2, -0.15) is 0 Å². The largest absolute Gasteiger partial charge is 0.573 e. The maximum Gasteiger partial charge on any atom is 0.573 e. The molecule has 0 radical (unpaired) electrons. The molecule has 88 valence electrons. The molecule has 6 heteroatoms. The zero-order valence-corrected chi connectivity index (χ0v) is 8.47. The monoisotopic (exact) mass is 233 g/mol. The normalized spacial score (nSPS) is 11.0. The highest BCUT2D eigenvalue weighted by atomic mass is 19.4. The zero-order valence-electron chi connectivity index (χ0n) is 8.47. The van der Waals surface area contributed by atoms with E-state index in [9.17, 15) is 18.0 Å². The molecule has 0 spiro atoms. The van der Waals surface area contributed by atoms with Gasteiger partial charge in [-0.15, -0.1) is 13.2 Å². The summed E-state index contributed by atoms with van der Waals surface area (Å²) in [5.41, 5.74) is 0.128. The fraction of sp³-hybridized carbons (Fsp3) is 0.300. The number of rotatable bonds is 3. The Morgan fingerprint density at radius 3 is 2.69 bits per heavy atom. The van der Waals surface area contributed by atoms with Crippen molar-refractivity contribution >= 4 is 5.91 Å². The Morgan fingerprint density at radius 1 is 1.44 bits per heavy atom. The highest BCUT2D eigenvalue weighted by molar-refractivity contribution is 5.94. The minimum atomic E-state index is -4.75. The molecule has 0 heterocycles. The Labute approximate surface area is 90.2 Å². The number of amides is 1. The first-order chi connectivity index (χ1) is 7.42. The summed E-state index contributed by atoms with van der Waals surface area (Å²) in [6.07, 6.45) is -4.75. The Hall–Kier alpha value is -1.72. The second-order valence-electron chi connectivity index (χ2n) is 2.94. The lowest BCUT2D eigenvalue weighted by Gasteiger charge is -2.09. The van der Waals surface area contributed by atoms with E-state index in [4.69, 9.17) is 0 Å². The van der Waals surface area contributed by atoms with Gasteiger partial charge in [-0.1, -0.05) is 6.07 Å². The van der Waals surface area contributed by atoms with Crippen molar-refractivity contribution in [2.24, 2.45) is 0 Å². The average molecular weight is 233 g/mol. The number of alkyl halides is 3. The molecule has 1 amide bonds. The summed E-state index contributed by atoms with van der Waals surface area (Å²) >= 11 is 0. The van der Waals surface area contributed by atoms with Crippen molar-refractivity contribution in [3.63, 3.8) is 0 Å². The first-order valence-electron chi connectivity index (χ1n) is 4.56. The van der Waals surface area contributed by atoms with Crippen LogP contribution in [0.3, 0.4) is 0 Å². The highest BCUT2D eigenvalue weighted by Gasteiger charge is 2.31. The molecule has 1 aromatic rings. The number of halogens is 3. The molecule has 0 aliphatic heterocycles. The lowest BCUT2D eigenvalue weighted by atomic mass is 10.2. The molecule has 0 aliphatic rings. The highest BCUT2D eigenvalue weighted by Crippen LogP contribution is 2.23. The molecule has 3 nitrogen and oxygen atoms in total. The van der Waals surface area contributed by atoms with Crippen LogP contribution in [0, 0.1) is 0 Å². The van der Waals surface area contributed by atoms with Gasteiger partial charge >= 0.3 is 6.36 Å². The summed E-state index contributed by atoms with van der Waals surface area (Å²) < 4.78 is 39.4. The molecule has 0 aromatic heterocycles. The van der Waals surface area contributed by atoms with Crippen LogP contribution in [0.25, 0.3) is 0 Å². The molecule has 0 bridgehead atoms. The number of carbonyl (C=O) groups excluding carboxylic acids is 1. The Bertz CT molecular complexity index is 377. The molecule has 16 heavy (non-hydrogen) atoms. The number of benzene rings is 1. The van der Waals surface area contributed by atoms with E-state index in [-0.39, 0.29) is 5.56 Å². The molecule has 0 aliphatic carbocycles. The maximum atomic E-state index is 11.9. The minimum Gasteiger partial charge on any atom is -0.406 e. The first kappa shape index (κ1) is 12.4. The molecule has 1 aromatic carbocycles. The number of hydrogen-bond donors (Lipinski definition) is 1. The summed E-state index contributed by atoms with van der Waals surface area (Å²) in [5.74, 6) is -0.841. The third-order valence-electron chi connectivity index (χ3n) is 1.67. The van der Waals surface area contributed by atoms with Crippen LogP contribution in [0.15, 0.2) is 24.3 Å². The third-order valence-corrected chi connectivity index (χ3v) is 1.67. The van der Waals surface area contributed by atoms with Crippen molar-refractivity contribution in [2.75, 3.05) is 6.54 Å². The fourth-order valence-corrected chi connectivity index (χ4v) is 1.10. The lowest BCUT2D eigenvalue weighted by Crippen LogP contribution is -2.23. The van der Waals surface area contributed by atoms with Gasteiger partial charge in [-0.3, -0.25) is 4.79 Å². The van der Waals surface area contributed by atoms with Crippen molar-refractivity contribution in [3.05, 3.63) is 29.8 Å². The van der Waals surface area contributed by atoms with E-state index in [1.165, 1.54) is 12.1 Å². The van der Waals surface area contributed by atoms with Crippen LogP contribution in [-0.4, -0.2) is 18.8 Å². The van der Waals surface area contributed by atoms with Gasteiger partial charge in [0, 0.05) is 12.1 Å². The number of nitrogens with one attached hydrogen (secondary N) is 1. The summed E-state index contributed by atoms with van der Waals surface area (Å²) in [7, 11) is 0. The van der Waals surface area contributed by atoms with Gasteiger partial charge in [0.15, 0.2) is 0 Å². The van der Waals surface area contributed by atoms with Crippen molar-refractivity contribution < 1.29 is 22.7 Å². The SMILES string of the molecule is CCNC(=O)c1cccc(OC(F)(F)F)c1. The molecule has 1 N–H and O–H groups in total. The molecular formula is C10H10F3NO2.